The van der Waals surface area contributed by atoms with Crippen LogP contribution in [0.4, 0.5) is 0 Å². The second-order valence-corrected chi connectivity index (χ2v) is 5.58. The Morgan fingerprint density at radius 2 is 2.27 bits per heavy atom. The van der Waals surface area contributed by atoms with E-state index < -0.39 is 0 Å². The first-order valence-corrected chi connectivity index (χ1v) is 6.69. The number of benzene rings is 1. The summed E-state index contributed by atoms with van der Waals surface area (Å²) in [6, 6.07) is 9.05. The van der Waals surface area contributed by atoms with Crippen molar-refractivity contribution in [2.75, 3.05) is 5.75 Å². The molecule has 1 fully saturated rings. The minimum atomic E-state index is 0.393. The van der Waals surface area contributed by atoms with Crippen molar-refractivity contribution in [3.8, 4) is 0 Å². The number of nitrogens with two attached hydrogens (primary N) is 1. The minimum absolute atomic E-state index is 0.393. The third kappa shape index (κ3) is 2.99. The van der Waals surface area contributed by atoms with Gasteiger partial charge in [-0.2, -0.15) is 0 Å². The first kappa shape index (κ1) is 11.0. The van der Waals surface area contributed by atoms with E-state index in [9.17, 15) is 0 Å². The lowest BCUT2D eigenvalue weighted by Gasteiger charge is -2.30. The lowest BCUT2D eigenvalue weighted by molar-refractivity contribution is 0.276. The Balaban J connectivity index is 1.81. The van der Waals surface area contributed by atoms with Crippen molar-refractivity contribution in [2.24, 2.45) is 11.7 Å². The number of thioether (sulfide) groups is 1. The molecule has 0 bridgehead atoms. The van der Waals surface area contributed by atoms with Crippen LogP contribution in [0.2, 0.25) is 0 Å². The number of hydrogen-bond acceptors (Lipinski definition) is 2. The largest absolute Gasteiger partial charge is 0.327 e. The zero-order chi connectivity index (χ0) is 10.7. The molecule has 1 nitrogen and oxygen atoms in total. The van der Waals surface area contributed by atoms with Crippen LogP contribution in [-0.4, -0.2) is 11.8 Å². The quantitative estimate of drug-likeness (QED) is 0.790. The van der Waals surface area contributed by atoms with E-state index in [0.29, 0.717) is 6.04 Å². The maximum Gasteiger partial charge on any atom is 0.0162 e. The van der Waals surface area contributed by atoms with E-state index in [-0.39, 0.29) is 0 Å². The van der Waals surface area contributed by atoms with Gasteiger partial charge in [-0.25, -0.2) is 0 Å². The third-order valence-corrected chi connectivity index (χ3v) is 4.33. The Labute approximate surface area is 96.4 Å². The van der Waals surface area contributed by atoms with Crippen molar-refractivity contribution in [1.29, 1.82) is 0 Å². The number of hydrogen-bond donors (Lipinski definition) is 1. The summed E-state index contributed by atoms with van der Waals surface area (Å²) in [6.07, 6.45) is 4.07. The Morgan fingerprint density at radius 1 is 1.47 bits per heavy atom. The lowest BCUT2D eigenvalue weighted by atomic mass is 9.81. The average Bonchev–Trinajstić information content (AvgIpc) is 2.12. The fraction of sp³-hybridized carbons (Fsp3) is 0.538. The van der Waals surface area contributed by atoms with E-state index in [4.69, 9.17) is 5.73 Å². The van der Waals surface area contributed by atoms with Crippen LogP contribution < -0.4 is 5.73 Å². The molecule has 1 aliphatic carbocycles. The highest BCUT2D eigenvalue weighted by Gasteiger charge is 2.24. The molecule has 1 saturated carbocycles. The molecule has 1 aliphatic rings. The predicted molar refractivity (Wildman–Crippen MR) is 67.2 cm³/mol. The Morgan fingerprint density at radius 3 is 2.87 bits per heavy atom. The van der Waals surface area contributed by atoms with Gasteiger partial charge in [0.15, 0.2) is 0 Å². The van der Waals surface area contributed by atoms with Crippen LogP contribution in [0, 0.1) is 12.8 Å². The van der Waals surface area contributed by atoms with Gasteiger partial charge in [-0.05, 0) is 37.8 Å². The summed E-state index contributed by atoms with van der Waals surface area (Å²) in [6.45, 7) is 2.13. The average molecular weight is 221 g/mol. The Hall–Kier alpha value is -0.470. The highest BCUT2D eigenvalue weighted by molar-refractivity contribution is 7.99. The Bertz CT molecular complexity index is 320. The zero-order valence-electron chi connectivity index (χ0n) is 9.28. The molecule has 1 unspecified atom stereocenters. The molecule has 2 N–H and O–H groups in total. The van der Waals surface area contributed by atoms with Crippen molar-refractivity contribution in [1.82, 2.24) is 0 Å². The maximum absolute atomic E-state index is 6.14. The zero-order valence-corrected chi connectivity index (χ0v) is 10.1. The van der Waals surface area contributed by atoms with Gasteiger partial charge in [-0.3, -0.25) is 0 Å². The summed E-state index contributed by atoms with van der Waals surface area (Å²) in [4.78, 5) is 1.35. The molecule has 0 amide bonds. The molecule has 15 heavy (non-hydrogen) atoms. The van der Waals surface area contributed by atoms with Crippen LogP contribution in [-0.2, 0) is 0 Å². The maximum atomic E-state index is 6.14. The van der Waals surface area contributed by atoms with Gasteiger partial charge in [0.05, 0.1) is 0 Å². The van der Waals surface area contributed by atoms with Crippen LogP contribution in [0.1, 0.15) is 24.8 Å². The molecule has 0 heterocycles. The van der Waals surface area contributed by atoms with Gasteiger partial charge >= 0.3 is 0 Å². The van der Waals surface area contributed by atoms with E-state index in [0.717, 1.165) is 11.7 Å². The fourth-order valence-corrected chi connectivity index (χ4v) is 3.00. The number of rotatable bonds is 4. The van der Waals surface area contributed by atoms with Crippen molar-refractivity contribution < 1.29 is 0 Å². The van der Waals surface area contributed by atoms with Gasteiger partial charge < -0.3 is 5.73 Å². The highest BCUT2D eigenvalue weighted by atomic mass is 32.2. The predicted octanol–water partition coefficient (Wildman–Crippen LogP) is 3.21. The molecule has 0 aromatic heterocycles. The molecule has 82 valence electrons. The van der Waals surface area contributed by atoms with Crippen LogP contribution in [0.3, 0.4) is 0 Å². The highest BCUT2D eigenvalue weighted by Crippen LogP contribution is 2.31. The summed E-state index contributed by atoms with van der Waals surface area (Å²) in [5, 5.41) is 0. The van der Waals surface area contributed by atoms with E-state index >= 15 is 0 Å². The lowest BCUT2D eigenvalue weighted by Crippen LogP contribution is -2.36. The molecule has 0 radical (unpaired) electrons. The van der Waals surface area contributed by atoms with Crippen molar-refractivity contribution in [3.63, 3.8) is 0 Å². The monoisotopic (exact) mass is 221 g/mol. The SMILES string of the molecule is Cc1cccc(SCC(N)C2CCC2)c1. The van der Waals surface area contributed by atoms with Crippen molar-refractivity contribution >= 4 is 11.8 Å². The third-order valence-electron chi connectivity index (χ3n) is 3.19. The summed E-state index contributed by atoms with van der Waals surface area (Å²) in [7, 11) is 0. The van der Waals surface area contributed by atoms with E-state index in [1.54, 1.807) is 0 Å². The normalized spacial score (nSPS) is 18.5. The van der Waals surface area contributed by atoms with Crippen LogP contribution in [0.5, 0.6) is 0 Å². The van der Waals surface area contributed by atoms with E-state index in [1.165, 1.54) is 29.7 Å². The summed E-state index contributed by atoms with van der Waals surface area (Å²) < 4.78 is 0. The van der Waals surface area contributed by atoms with Crippen molar-refractivity contribution in [3.05, 3.63) is 29.8 Å². The molecule has 0 spiro atoms. The van der Waals surface area contributed by atoms with Gasteiger partial charge in [-0.15, -0.1) is 11.8 Å². The Kier molecular flexibility index (Phi) is 3.71. The van der Waals surface area contributed by atoms with Crippen LogP contribution in [0.25, 0.3) is 0 Å². The second kappa shape index (κ2) is 5.04. The van der Waals surface area contributed by atoms with Gasteiger partial charge in [-0.1, -0.05) is 24.1 Å². The first-order chi connectivity index (χ1) is 7.25. The summed E-state index contributed by atoms with van der Waals surface area (Å²) in [5.41, 5.74) is 7.47. The summed E-state index contributed by atoms with van der Waals surface area (Å²) >= 11 is 1.90. The van der Waals surface area contributed by atoms with Gasteiger partial charge in [0.2, 0.25) is 0 Å². The number of aryl methyl sites for hydroxylation is 1. The molecule has 1 aromatic rings. The molecular formula is C13H19NS. The first-order valence-electron chi connectivity index (χ1n) is 5.71. The topological polar surface area (TPSA) is 26.0 Å². The smallest absolute Gasteiger partial charge is 0.0162 e. The van der Waals surface area contributed by atoms with Crippen molar-refractivity contribution in [2.45, 2.75) is 37.1 Å². The minimum Gasteiger partial charge on any atom is -0.327 e. The van der Waals surface area contributed by atoms with Crippen LogP contribution in [0.15, 0.2) is 29.2 Å². The summed E-state index contributed by atoms with van der Waals surface area (Å²) in [5.74, 6) is 1.86. The molecule has 1 aromatic carbocycles. The van der Waals surface area contributed by atoms with E-state index in [1.807, 2.05) is 11.8 Å². The molecular weight excluding hydrogens is 202 g/mol. The van der Waals surface area contributed by atoms with Crippen LogP contribution >= 0.6 is 11.8 Å². The molecule has 2 heteroatoms. The fourth-order valence-electron chi connectivity index (χ4n) is 1.90. The van der Waals surface area contributed by atoms with Gasteiger partial charge in [0.25, 0.3) is 0 Å². The molecule has 2 rings (SSSR count). The standard InChI is InChI=1S/C13H19NS/c1-10-4-2-7-12(8-10)15-9-13(14)11-5-3-6-11/h2,4,7-8,11,13H,3,5-6,9,14H2,1H3. The van der Waals surface area contributed by atoms with E-state index in [2.05, 4.69) is 31.2 Å². The molecule has 0 saturated heterocycles. The van der Waals surface area contributed by atoms with Gasteiger partial charge in [0, 0.05) is 16.7 Å². The second-order valence-electron chi connectivity index (χ2n) is 4.48. The molecule has 0 aliphatic heterocycles. The van der Waals surface area contributed by atoms with Gasteiger partial charge in [0.1, 0.15) is 0 Å². The molecule has 1 atom stereocenters.